The molecule has 2 aromatic rings. The summed E-state index contributed by atoms with van der Waals surface area (Å²) in [5.74, 6) is -3.21. The van der Waals surface area contributed by atoms with Crippen molar-refractivity contribution in [3.63, 3.8) is 0 Å². The maximum absolute atomic E-state index is 13.1. The van der Waals surface area contributed by atoms with Gasteiger partial charge in [0.15, 0.2) is 0 Å². The van der Waals surface area contributed by atoms with Gasteiger partial charge < -0.3 is 37.6 Å². The summed E-state index contributed by atoms with van der Waals surface area (Å²) in [7, 11) is 0. The Morgan fingerprint density at radius 1 is 0.644 bits per heavy atom. The molecule has 0 bridgehead atoms. The van der Waals surface area contributed by atoms with Gasteiger partial charge in [0, 0.05) is 24.2 Å². The van der Waals surface area contributed by atoms with E-state index in [4.69, 9.17) is 16.3 Å². The van der Waals surface area contributed by atoms with E-state index >= 15 is 0 Å². The first kappa shape index (κ1) is 49.7. The fourth-order valence-electron chi connectivity index (χ4n) is 5.94. The minimum atomic E-state index is -1.08. The van der Waals surface area contributed by atoms with Gasteiger partial charge >= 0.3 is 0 Å². The summed E-state index contributed by atoms with van der Waals surface area (Å²) in [5, 5.41) is 14.8. The number of nitrogens with one attached hydrogen (secondary N) is 6. The molecule has 18 heteroatoms. The zero-order valence-electron chi connectivity index (χ0n) is 34.6. The molecule has 0 aliphatic carbocycles. The van der Waals surface area contributed by atoms with E-state index in [1.54, 1.807) is 55.5 Å². The molecule has 0 saturated heterocycles. The lowest BCUT2D eigenvalue weighted by Gasteiger charge is -2.20. The van der Waals surface area contributed by atoms with Gasteiger partial charge in [-0.3, -0.25) is 28.8 Å². The van der Waals surface area contributed by atoms with Crippen molar-refractivity contribution in [2.24, 2.45) is 28.5 Å². The van der Waals surface area contributed by atoms with Crippen molar-refractivity contribution >= 4 is 41.2 Å². The number of unbranched alkanes of at least 4 members (excludes halogenated alkanes) is 2. The molecule has 0 radical (unpaired) electrons. The smallest absolute Gasteiger partial charge is 0.251 e. The molecule has 2 rings (SSSR count). The molecule has 6 amide bonds. The summed E-state index contributed by atoms with van der Waals surface area (Å²) in [6, 6.07) is 9.55. The predicted octanol–water partition coefficient (Wildman–Crippen LogP) is 3.15. The van der Waals surface area contributed by atoms with Crippen LogP contribution in [0.1, 0.15) is 118 Å². The van der Waals surface area contributed by atoms with Crippen molar-refractivity contribution in [2.45, 2.75) is 117 Å². The Bertz CT molecular complexity index is 1710. The first-order valence-electron chi connectivity index (χ1n) is 19.9. The average molecular weight is 830 g/mol. The Hall–Kier alpha value is -5.49. The average Bonchev–Trinajstić information content (AvgIpc) is 3.20. The van der Waals surface area contributed by atoms with Crippen LogP contribution in [0.3, 0.4) is 0 Å². The zero-order chi connectivity index (χ0) is 43.9. The van der Waals surface area contributed by atoms with E-state index in [0.717, 1.165) is 5.56 Å². The summed E-state index contributed by atoms with van der Waals surface area (Å²) >= 11 is 0. The molecule has 0 aromatic heterocycles. The predicted molar refractivity (Wildman–Crippen MR) is 219 cm³/mol. The third-order valence-electron chi connectivity index (χ3n) is 9.23. The lowest BCUT2D eigenvalue weighted by molar-refractivity contribution is -0.130. The van der Waals surface area contributed by atoms with Gasteiger partial charge in [0.25, 0.3) is 11.8 Å². The summed E-state index contributed by atoms with van der Waals surface area (Å²) < 4.78 is 26.2. The van der Waals surface area contributed by atoms with Gasteiger partial charge in [-0.15, -0.1) is 20.0 Å². The molecule has 0 fully saturated rings. The highest BCUT2D eigenvalue weighted by molar-refractivity contribution is 6.00. The summed E-state index contributed by atoms with van der Waals surface area (Å²) in [4.78, 5) is 79.5. The van der Waals surface area contributed by atoms with E-state index in [9.17, 15) is 37.7 Å². The number of nitrogens with two attached hydrogens (primary N) is 2. The van der Waals surface area contributed by atoms with E-state index < -0.39 is 47.8 Å². The lowest BCUT2D eigenvalue weighted by Crippen LogP contribution is -2.50. The van der Waals surface area contributed by atoms with Crippen molar-refractivity contribution in [3.05, 3.63) is 70.8 Å². The first-order valence-corrected chi connectivity index (χ1v) is 19.9. The Balaban J connectivity index is 1.77. The molecule has 0 saturated carbocycles. The fraction of sp³-hybridized carbons (Fsp3) is 0.537. The summed E-state index contributed by atoms with van der Waals surface area (Å²) in [6.45, 7) is 9.87. The minimum Gasteiger partial charge on any atom is -0.391 e. The largest absolute Gasteiger partial charge is 0.391 e. The van der Waals surface area contributed by atoms with Gasteiger partial charge in [0.2, 0.25) is 23.6 Å². The Morgan fingerprint density at radius 2 is 1.10 bits per heavy atom. The van der Waals surface area contributed by atoms with Gasteiger partial charge in [-0.05, 0) is 106 Å². The van der Waals surface area contributed by atoms with Gasteiger partial charge in [-0.25, -0.2) is 0 Å². The third-order valence-corrected chi connectivity index (χ3v) is 9.23. The number of halogens is 2. The number of oxime groups is 1. The van der Waals surface area contributed by atoms with Crippen LogP contribution in [0.5, 0.6) is 0 Å². The van der Waals surface area contributed by atoms with Crippen LogP contribution in [0.4, 0.5) is 8.96 Å². The molecule has 4 atom stereocenters. The minimum absolute atomic E-state index is 0.0582. The first-order chi connectivity index (χ1) is 28.1. The molecule has 0 aliphatic rings. The number of benzene rings is 2. The monoisotopic (exact) mass is 829 g/mol. The van der Waals surface area contributed by atoms with Crippen LogP contribution in [0.2, 0.25) is 0 Å². The highest BCUT2D eigenvalue weighted by Gasteiger charge is 2.26. The van der Waals surface area contributed by atoms with Gasteiger partial charge in [0.1, 0.15) is 30.8 Å². The van der Waals surface area contributed by atoms with Crippen LogP contribution < -0.4 is 43.8 Å². The normalized spacial score (nSPS) is 13.5. The molecular formula is C41H61F2N9O7. The second-order valence-electron chi connectivity index (χ2n) is 15.2. The Kier molecular flexibility index (Phi) is 22.3. The van der Waals surface area contributed by atoms with E-state index in [1.165, 1.54) is 11.1 Å². The van der Waals surface area contributed by atoms with E-state index in [2.05, 4.69) is 26.4 Å². The molecule has 0 spiro atoms. The summed E-state index contributed by atoms with van der Waals surface area (Å²) in [6.07, 6.45) is 2.96. The number of amides is 6. The molecule has 59 heavy (non-hydrogen) atoms. The van der Waals surface area contributed by atoms with E-state index in [-0.39, 0.29) is 55.9 Å². The molecule has 10 N–H and O–H groups in total. The maximum Gasteiger partial charge on any atom is 0.251 e. The fourth-order valence-corrected chi connectivity index (χ4v) is 5.94. The van der Waals surface area contributed by atoms with Crippen molar-refractivity contribution in [1.29, 1.82) is 0 Å². The molecule has 0 heterocycles. The topological polar surface area (TPSA) is 248 Å². The second-order valence-corrected chi connectivity index (χ2v) is 15.2. The van der Waals surface area contributed by atoms with Crippen LogP contribution in [0, 0.1) is 11.8 Å². The SMILES string of the molecule is C/C(=N\OCc1cccc(C(=O)NCCCC[C@H](NC(=O)[C@H](CC(C)C)NF)C(N)=O)c1)c1ccc(C(=O)NCCCC[C@H](NC(=O)[C@H](CC(C)C)NF)C(N)=O)cc1. The molecule has 16 nitrogen and oxygen atoms in total. The van der Waals surface area contributed by atoms with Crippen LogP contribution >= 0.6 is 0 Å². The van der Waals surface area contributed by atoms with E-state index in [0.29, 0.717) is 61.2 Å². The molecule has 326 valence electrons. The van der Waals surface area contributed by atoms with Crippen molar-refractivity contribution < 1.29 is 42.6 Å². The highest BCUT2D eigenvalue weighted by atomic mass is 19.2. The van der Waals surface area contributed by atoms with Crippen LogP contribution in [0.25, 0.3) is 0 Å². The molecule has 0 unspecified atom stereocenters. The van der Waals surface area contributed by atoms with Crippen LogP contribution in [0.15, 0.2) is 53.7 Å². The third kappa shape index (κ3) is 18.8. The maximum atomic E-state index is 13.1. The van der Waals surface area contributed by atoms with Crippen LogP contribution in [-0.4, -0.2) is 78.4 Å². The standard InChI is InChI=1S/C41H61F2N9O7/c1-25(2)21-34(50-42)40(57)48-32(36(44)53)13-6-8-19-46-38(55)30-17-15-29(16-18-30)27(5)52-59-24-28-11-10-12-31(23-28)39(56)47-20-9-7-14-33(37(45)54)49-41(58)35(51-43)22-26(3)4/h10-12,15-18,23,25-26,32-35,50-51H,6-9,13-14,19-22,24H2,1-5H3,(H2,44,53)(H2,45,54)(H,46,55)(H,47,56)(H,48,57)(H,49,58)/b52-27+/t32-,33-,34-,35-/m0/s1. The van der Waals surface area contributed by atoms with Crippen molar-refractivity contribution in [2.75, 3.05) is 13.1 Å². The highest BCUT2D eigenvalue weighted by Crippen LogP contribution is 2.12. The van der Waals surface area contributed by atoms with Crippen LogP contribution in [-0.2, 0) is 30.6 Å². The number of primary amides is 2. The van der Waals surface area contributed by atoms with Gasteiger partial charge in [0.05, 0.1) is 5.71 Å². The molecule has 0 aliphatic heterocycles. The zero-order valence-corrected chi connectivity index (χ0v) is 34.6. The number of carbonyl (C=O) groups excluding carboxylic acids is 6. The summed E-state index contributed by atoms with van der Waals surface area (Å²) in [5.41, 5.74) is 16.7. The number of hydrogen-bond donors (Lipinski definition) is 8. The molecular weight excluding hydrogens is 769 g/mol. The van der Waals surface area contributed by atoms with E-state index in [1.807, 2.05) is 27.7 Å². The number of hydrogen-bond acceptors (Lipinski definition) is 10. The Morgan fingerprint density at radius 3 is 1.54 bits per heavy atom. The van der Waals surface area contributed by atoms with Gasteiger partial charge in [-0.2, -0.15) is 0 Å². The quantitative estimate of drug-likeness (QED) is 0.0271. The number of rotatable bonds is 28. The second kappa shape index (κ2) is 26.5. The van der Waals surface area contributed by atoms with Crippen molar-refractivity contribution in [3.8, 4) is 0 Å². The number of nitrogens with zero attached hydrogens (tertiary/aromatic N) is 1. The van der Waals surface area contributed by atoms with Crippen molar-refractivity contribution in [1.82, 2.24) is 32.3 Å². The van der Waals surface area contributed by atoms with Gasteiger partial charge in [-0.1, -0.05) is 57.1 Å². The lowest BCUT2D eigenvalue weighted by atomic mass is 10.0. The molecule has 2 aromatic carbocycles. The Labute approximate surface area is 344 Å². The number of carbonyl (C=O) groups is 6.